The van der Waals surface area contributed by atoms with E-state index in [1.165, 1.54) is 11.0 Å². The molecule has 0 bridgehead atoms. The molecule has 1 aromatic carbocycles. The van der Waals surface area contributed by atoms with E-state index in [1.807, 2.05) is 0 Å². The fourth-order valence-corrected chi connectivity index (χ4v) is 2.34. The number of benzene rings is 1. The van der Waals surface area contributed by atoms with Crippen LogP contribution in [0.3, 0.4) is 0 Å². The van der Waals surface area contributed by atoms with Crippen molar-refractivity contribution in [3.8, 4) is 0 Å². The molecule has 0 amide bonds. The number of hydrogen-bond donors (Lipinski definition) is 1. The van der Waals surface area contributed by atoms with Gasteiger partial charge >= 0.3 is 6.18 Å². The van der Waals surface area contributed by atoms with E-state index in [0.717, 1.165) is 19.0 Å². The van der Waals surface area contributed by atoms with E-state index in [-0.39, 0.29) is 11.7 Å². The Balaban J connectivity index is 2.43. The third-order valence-corrected chi connectivity index (χ3v) is 3.46. The van der Waals surface area contributed by atoms with Crippen molar-refractivity contribution in [1.29, 1.82) is 0 Å². The van der Waals surface area contributed by atoms with E-state index >= 15 is 0 Å². The summed E-state index contributed by atoms with van der Waals surface area (Å²) in [5, 5.41) is 13.7. The fraction of sp³-hybridized carbons (Fsp3) is 0.500. The maximum atomic E-state index is 13.1. The highest BCUT2D eigenvalue weighted by Crippen LogP contribution is 2.39. The van der Waals surface area contributed by atoms with Crippen molar-refractivity contribution in [2.75, 3.05) is 25.0 Å². The van der Waals surface area contributed by atoms with Crippen molar-refractivity contribution in [3.05, 3.63) is 33.9 Å². The molecule has 1 unspecified atom stereocenters. The molecule has 1 N–H and O–H groups in total. The van der Waals surface area contributed by atoms with Gasteiger partial charge in [-0.15, -0.1) is 0 Å². The van der Waals surface area contributed by atoms with E-state index in [1.54, 1.807) is 7.05 Å². The lowest BCUT2D eigenvalue weighted by molar-refractivity contribution is -0.385. The number of nitro benzene ring substituents is 1. The zero-order chi connectivity index (χ0) is 14.9. The van der Waals surface area contributed by atoms with Gasteiger partial charge in [-0.3, -0.25) is 10.1 Å². The van der Waals surface area contributed by atoms with Crippen molar-refractivity contribution in [2.24, 2.45) is 0 Å². The van der Waals surface area contributed by atoms with E-state index in [2.05, 4.69) is 5.32 Å². The minimum absolute atomic E-state index is 0.0307. The monoisotopic (exact) mass is 289 g/mol. The first kappa shape index (κ1) is 14.6. The molecule has 110 valence electrons. The normalized spacial score (nSPS) is 19.1. The standard InChI is InChI=1S/C12H14F3N3O2/c1-17(9-4-5-16-7-9)11-3-2-8(18(19)20)6-10(11)12(13,14)15/h2-3,6,9,16H,4-5,7H2,1H3. The maximum absolute atomic E-state index is 13.1. The van der Waals surface area contributed by atoms with Crippen molar-refractivity contribution < 1.29 is 18.1 Å². The smallest absolute Gasteiger partial charge is 0.370 e. The summed E-state index contributed by atoms with van der Waals surface area (Å²) < 4.78 is 39.2. The van der Waals surface area contributed by atoms with E-state index < -0.39 is 22.4 Å². The number of nitro groups is 1. The van der Waals surface area contributed by atoms with Crippen LogP contribution >= 0.6 is 0 Å². The summed E-state index contributed by atoms with van der Waals surface area (Å²) in [7, 11) is 1.58. The number of nitrogens with one attached hydrogen (secondary N) is 1. The molecule has 2 rings (SSSR count). The number of anilines is 1. The quantitative estimate of drug-likeness (QED) is 0.686. The van der Waals surface area contributed by atoms with Crippen LogP contribution in [0.15, 0.2) is 18.2 Å². The van der Waals surface area contributed by atoms with Crippen LogP contribution in [0.4, 0.5) is 24.5 Å². The first-order chi connectivity index (χ1) is 9.30. The van der Waals surface area contributed by atoms with Crippen LogP contribution in [-0.4, -0.2) is 31.1 Å². The molecule has 0 aliphatic carbocycles. The number of non-ortho nitro benzene ring substituents is 1. The van der Waals surface area contributed by atoms with Gasteiger partial charge in [0.2, 0.25) is 0 Å². The van der Waals surface area contributed by atoms with Crippen LogP contribution in [-0.2, 0) is 6.18 Å². The first-order valence-corrected chi connectivity index (χ1v) is 6.10. The second-order valence-electron chi connectivity index (χ2n) is 4.71. The van der Waals surface area contributed by atoms with Crippen LogP contribution in [0.25, 0.3) is 0 Å². The molecule has 1 fully saturated rings. The lowest BCUT2D eigenvalue weighted by Crippen LogP contribution is -2.34. The topological polar surface area (TPSA) is 58.4 Å². The Morgan fingerprint density at radius 2 is 2.15 bits per heavy atom. The Bertz CT molecular complexity index is 513. The number of halogens is 3. The second-order valence-corrected chi connectivity index (χ2v) is 4.71. The SMILES string of the molecule is CN(c1ccc([N+](=O)[O-])cc1C(F)(F)F)C1CCNC1. The van der Waals surface area contributed by atoms with Gasteiger partial charge in [-0.1, -0.05) is 0 Å². The summed E-state index contributed by atoms with van der Waals surface area (Å²) in [4.78, 5) is 11.3. The summed E-state index contributed by atoms with van der Waals surface area (Å²) in [5.74, 6) is 0. The molecular weight excluding hydrogens is 275 g/mol. The highest BCUT2D eigenvalue weighted by atomic mass is 19.4. The largest absolute Gasteiger partial charge is 0.418 e. The number of rotatable bonds is 3. The molecule has 20 heavy (non-hydrogen) atoms. The summed E-state index contributed by atoms with van der Waals surface area (Å²) in [6.45, 7) is 1.36. The Hall–Kier alpha value is -1.83. The Labute approximate surface area is 113 Å². The minimum Gasteiger partial charge on any atom is -0.370 e. The van der Waals surface area contributed by atoms with E-state index in [9.17, 15) is 23.3 Å². The zero-order valence-electron chi connectivity index (χ0n) is 10.8. The lowest BCUT2D eigenvalue weighted by atomic mass is 10.1. The van der Waals surface area contributed by atoms with Gasteiger partial charge in [0.25, 0.3) is 5.69 Å². The number of alkyl halides is 3. The number of likely N-dealkylation sites (N-methyl/N-ethyl adjacent to an activating group) is 1. The minimum atomic E-state index is -4.62. The van der Waals surface area contributed by atoms with Gasteiger partial charge in [-0.05, 0) is 19.0 Å². The molecule has 0 aromatic heterocycles. The van der Waals surface area contributed by atoms with Crippen LogP contribution in [0, 0.1) is 10.1 Å². The molecular formula is C12H14F3N3O2. The molecule has 0 spiro atoms. The van der Waals surface area contributed by atoms with Crippen molar-refractivity contribution in [2.45, 2.75) is 18.6 Å². The third kappa shape index (κ3) is 2.84. The van der Waals surface area contributed by atoms with Gasteiger partial charge in [0, 0.05) is 37.5 Å². The van der Waals surface area contributed by atoms with Crippen LogP contribution in [0.5, 0.6) is 0 Å². The Kier molecular flexibility index (Phi) is 3.85. The molecule has 1 atom stereocenters. The molecule has 8 heteroatoms. The average Bonchev–Trinajstić information content (AvgIpc) is 2.90. The molecule has 1 aromatic rings. The summed E-state index contributed by atoms with van der Waals surface area (Å²) in [6.07, 6.45) is -3.88. The highest BCUT2D eigenvalue weighted by Gasteiger charge is 2.37. The predicted molar refractivity (Wildman–Crippen MR) is 67.8 cm³/mol. The lowest BCUT2D eigenvalue weighted by Gasteiger charge is -2.28. The van der Waals surface area contributed by atoms with Crippen LogP contribution in [0.1, 0.15) is 12.0 Å². The molecule has 0 saturated carbocycles. The van der Waals surface area contributed by atoms with Crippen molar-refractivity contribution in [1.82, 2.24) is 5.32 Å². The van der Waals surface area contributed by atoms with Crippen LogP contribution in [0.2, 0.25) is 0 Å². The van der Waals surface area contributed by atoms with Gasteiger partial charge in [-0.2, -0.15) is 13.2 Å². The van der Waals surface area contributed by atoms with Gasteiger partial charge in [-0.25, -0.2) is 0 Å². The maximum Gasteiger partial charge on any atom is 0.418 e. The van der Waals surface area contributed by atoms with Crippen molar-refractivity contribution in [3.63, 3.8) is 0 Å². The zero-order valence-corrected chi connectivity index (χ0v) is 10.8. The number of hydrogen-bond acceptors (Lipinski definition) is 4. The first-order valence-electron chi connectivity index (χ1n) is 6.10. The van der Waals surface area contributed by atoms with E-state index in [0.29, 0.717) is 12.6 Å². The van der Waals surface area contributed by atoms with Gasteiger partial charge in [0.15, 0.2) is 0 Å². The molecule has 0 radical (unpaired) electrons. The summed E-state index contributed by atoms with van der Waals surface area (Å²) in [6, 6.07) is 2.81. The fourth-order valence-electron chi connectivity index (χ4n) is 2.34. The summed E-state index contributed by atoms with van der Waals surface area (Å²) >= 11 is 0. The van der Waals surface area contributed by atoms with Gasteiger partial charge in [0.05, 0.1) is 10.5 Å². The molecule has 1 aliphatic heterocycles. The van der Waals surface area contributed by atoms with Gasteiger partial charge < -0.3 is 10.2 Å². The predicted octanol–water partition coefficient (Wildman–Crippen LogP) is 2.41. The second kappa shape index (κ2) is 5.28. The van der Waals surface area contributed by atoms with E-state index in [4.69, 9.17) is 0 Å². The molecule has 1 saturated heterocycles. The third-order valence-electron chi connectivity index (χ3n) is 3.46. The Morgan fingerprint density at radius 3 is 2.65 bits per heavy atom. The molecule has 5 nitrogen and oxygen atoms in total. The highest BCUT2D eigenvalue weighted by molar-refractivity contribution is 5.59. The Morgan fingerprint density at radius 1 is 1.45 bits per heavy atom. The van der Waals surface area contributed by atoms with Gasteiger partial charge in [0.1, 0.15) is 0 Å². The molecule has 1 aliphatic rings. The van der Waals surface area contributed by atoms with Crippen molar-refractivity contribution >= 4 is 11.4 Å². The summed E-state index contributed by atoms with van der Waals surface area (Å²) in [5.41, 5.74) is -1.56. The number of nitrogens with zero attached hydrogens (tertiary/aromatic N) is 2. The average molecular weight is 289 g/mol. The molecule has 1 heterocycles. The van der Waals surface area contributed by atoms with Crippen LogP contribution < -0.4 is 10.2 Å².